The van der Waals surface area contributed by atoms with Gasteiger partial charge in [-0.1, -0.05) is 0 Å². The third kappa shape index (κ3) is 2.59. The van der Waals surface area contributed by atoms with E-state index in [9.17, 15) is 18.0 Å². The topological polar surface area (TPSA) is 31.2 Å². The second-order valence-electron chi connectivity index (χ2n) is 3.07. The molecule has 0 saturated heterocycles. The van der Waals surface area contributed by atoms with E-state index in [4.69, 9.17) is 0 Å². The van der Waals surface area contributed by atoms with Gasteiger partial charge in [0.25, 0.3) is 5.56 Å². The Morgan fingerprint density at radius 1 is 1.47 bits per heavy atom. The highest BCUT2D eigenvalue weighted by Gasteiger charge is 2.41. The highest BCUT2D eigenvalue weighted by molar-refractivity contribution is 5.15. The van der Waals surface area contributed by atoms with Crippen LogP contribution < -0.4 is 5.56 Å². The third-order valence-electron chi connectivity index (χ3n) is 1.96. The van der Waals surface area contributed by atoms with E-state index in [1.807, 2.05) is 0 Å². The molecule has 0 spiro atoms. The van der Waals surface area contributed by atoms with Gasteiger partial charge in [0.1, 0.15) is 0 Å². The summed E-state index contributed by atoms with van der Waals surface area (Å²) in [5.41, 5.74) is -0.688. The van der Waals surface area contributed by atoms with Gasteiger partial charge in [0.05, 0.1) is 0 Å². The van der Waals surface area contributed by atoms with Gasteiger partial charge in [0.2, 0.25) is 0 Å². The molecule has 0 amide bonds. The normalized spacial score (nSPS) is 13.9. The van der Waals surface area contributed by atoms with Crippen molar-refractivity contribution in [1.82, 2.24) is 4.57 Å². The first kappa shape index (κ1) is 11.8. The zero-order valence-electron chi connectivity index (χ0n) is 8.21. The van der Waals surface area contributed by atoms with Crippen molar-refractivity contribution in [2.24, 2.45) is 7.05 Å². The number of methoxy groups -OCH3 is 1. The molecule has 3 nitrogen and oxygen atoms in total. The molecule has 1 unspecified atom stereocenters. The summed E-state index contributed by atoms with van der Waals surface area (Å²) < 4.78 is 42.7. The Kier molecular flexibility index (Phi) is 3.18. The van der Waals surface area contributed by atoms with Gasteiger partial charge in [0.15, 0.2) is 6.10 Å². The molecule has 0 aliphatic heterocycles. The summed E-state index contributed by atoms with van der Waals surface area (Å²) in [7, 11) is 2.41. The Labute approximate surface area is 84.1 Å². The standard InChI is InChI=1S/C9H10F3NO2/c1-13-4-3-6(5-7(13)14)8(15-2)9(10,11)12/h3-5,8H,1-2H3. The number of rotatable bonds is 2. The molecule has 0 fully saturated rings. The summed E-state index contributed by atoms with van der Waals surface area (Å²) >= 11 is 0. The van der Waals surface area contributed by atoms with Crippen LogP contribution in [0.4, 0.5) is 13.2 Å². The molecule has 0 N–H and O–H groups in total. The number of aryl methyl sites for hydroxylation is 1. The van der Waals surface area contributed by atoms with Crippen molar-refractivity contribution >= 4 is 0 Å². The van der Waals surface area contributed by atoms with Crippen LogP contribution in [0.5, 0.6) is 0 Å². The van der Waals surface area contributed by atoms with Crippen molar-refractivity contribution in [3.05, 3.63) is 34.2 Å². The highest BCUT2D eigenvalue weighted by Crippen LogP contribution is 2.34. The molecule has 1 heterocycles. The van der Waals surface area contributed by atoms with Crippen molar-refractivity contribution in [2.75, 3.05) is 7.11 Å². The van der Waals surface area contributed by atoms with Crippen molar-refractivity contribution in [3.8, 4) is 0 Å². The summed E-state index contributed by atoms with van der Waals surface area (Å²) in [6.45, 7) is 0. The molecule has 0 aromatic carbocycles. The fraction of sp³-hybridized carbons (Fsp3) is 0.444. The Bertz CT molecular complexity index is 397. The van der Waals surface area contributed by atoms with Gasteiger partial charge in [-0.15, -0.1) is 0 Å². The molecule has 0 aliphatic rings. The number of ether oxygens (including phenoxy) is 1. The number of alkyl halides is 3. The van der Waals surface area contributed by atoms with Gasteiger partial charge < -0.3 is 9.30 Å². The van der Waals surface area contributed by atoms with Crippen LogP contribution in [0.1, 0.15) is 11.7 Å². The summed E-state index contributed by atoms with van der Waals surface area (Å²) in [6, 6.07) is 2.13. The fourth-order valence-corrected chi connectivity index (χ4v) is 1.19. The van der Waals surface area contributed by atoms with Crippen LogP contribution in [0.15, 0.2) is 23.1 Å². The van der Waals surface area contributed by atoms with E-state index in [-0.39, 0.29) is 5.56 Å². The van der Waals surface area contributed by atoms with E-state index in [1.54, 1.807) is 0 Å². The Balaban J connectivity index is 3.14. The Morgan fingerprint density at radius 3 is 2.47 bits per heavy atom. The maximum Gasteiger partial charge on any atom is 0.418 e. The minimum atomic E-state index is -4.51. The van der Waals surface area contributed by atoms with Crippen LogP contribution in [0.25, 0.3) is 0 Å². The van der Waals surface area contributed by atoms with Crippen LogP contribution in [-0.2, 0) is 11.8 Å². The lowest BCUT2D eigenvalue weighted by atomic mass is 10.1. The van der Waals surface area contributed by atoms with Crippen molar-refractivity contribution in [2.45, 2.75) is 12.3 Å². The smallest absolute Gasteiger partial charge is 0.367 e. The quantitative estimate of drug-likeness (QED) is 0.760. The first-order valence-corrected chi connectivity index (χ1v) is 4.12. The van der Waals surface area contributed by atoms with Gasteiger partial charge in [-0.05, 0) is 11.6 Å². The number of halogens is 3. The largest absolute Gasteiger partial charge is 0.418 e. The lowest BCUT2D eigenvalue weighted by molar-refractivity contribution is -0.216. The SMILES string of the molecule is COC(c1ccn(C)c(=O)c1)C(F)(F)F. The number of aromatic nitrogens is 1. The lowest BCUT2D eigenvalue weighted by Gasteiger charge is -2.18. The molecule has 84 valence electrons. The van der Waals surface area contributed by atoms with Crippen LogP contribution in [-0.4, -0.2) is 17.9 Å². The molecule has 1 aromatic heterocycles. The van der Waals surface area contributed by atoms with E-state index in [2.05, 4.69) is 4.74 Å². The van der Waals surface area contributed by atoms with E-state index in [1.165, 1.54) is 23.9 Å². The number of pyridine rings is 1. The van der Waals surface area contributed by atoms with Crippen LogP contribution in [0.3, 0.4) is 0 Å². The maximum atomic E-state index is 12.4. The minimum Gasteiger partial charge on any atom is -0.367 e. The zero-order valence-corrected chi connectivity index (χ0v) is 8.21. The highest BCUT2D eigenvalue weighted by atomic mass is 19.4. The van der Waals surface area contributed by atoms with Crippen molar-refractivity contribution in [3.63, 3.8) is 0 Å². The van der Waals surface area contributed by atoms with Crippen molar-refractivity contribution in [1.29, 1.82) is 0 Å². The Hall–Kier alpha value is -1.30. The van der Waals surface area contributed by atoms with Crippen molar-refractivity contribution < 1.29 is 17.9 Å². The summed E-state index contributed by atoms with van der Waals surface area (Å²) in [4.78, 5) is 11.1. The molecule has 0 saturated carbocycles. The first-order chi connectivity index (χ1) is 6.86. The van der Waals surface area contributed by atoms with Crippen LogP contribution in [0.2, 0.25) is 0 Å². The summed E-state index contributed by atoms with van der Waals surface area (Å²) in [5.74, 6) is 0. The molecular weight excluding hydrogens is 211 g/mol. The van der Waals surface area contributed by atoms with E-state index < -0.39 is 17.8 Å². The average molecular weight is 221 g/mol. The number of nitrogens with zero attached hydrogens (tertiary/aromatic N) is 1. The van der Waals surface area contributed by atoms with E-state index >= 15 is 0 Å². The van der Waals surface area contributed by atoms with E-state index in [0.29, 0.717) is 0 Å². The predicted octanol–water partition coefficient (Wildman–Crippen LogP) is 1.64. The van der Waals surface area contributed by atoms with Gasteiger partial charge in [-0.3, -0.25) is 4.79 Å². The number of hydrogen-bond donors (Lipinski definition) is 0. The minimum absolute atomic E-state index is 0.187. The van der Waals surface area contributed by atoms with Gasteiger partial charge >= 0.3 is 6.18 Å². The molecule has 0 radical (unpaired) electrons. The molecule has 6 heteroatoms. The monoisotopic (exact) mass is 221 g/mol. The molecular formula is C9H10F3NO2. The molecule has 0 aliphatic carbocycles. The van der Waals surface area contributed by atoms with Gasteiger partial charge in [0, 0.05) is 26.4 Å². The second kappa shape index (κ2) is 4.06. The summed E-state index contributed by atoms with van der Waals surface area (Å²) in [6.07, 6.45) is -5.29. The first-order valence-electron chi connectivity index (χ1n) is 4.12. The average Bonchev–Trinajstić information content (AvgIpc) is 2.10. The second-order valence-corrected chi connectivity index (χ2v) is 3.07. The molecule has 1 atom stereocenters. The Morgan fingerprint density at radius 2 is 2.07 bits per heavy atom. The third-order valence-corrected chi connectivity index (χ3v) is 1.96. The number of hydrogen-bond acceptors (Lipinski definition) is 2. The molecule has 15 heavy (non-hydrogen) atoms. The van der Waals surface area contributed by atoms with Crippen LogP contribution >= 0.6 is 0 Å². The maximum absolute atomic E-state index is 12.4. The molecule has 1 rings (SSSR count). The van der Waals surface area contributed by atoms with E-state index in [0.717, 1.165) is 13.2 Å². The predicted molar refractivity (Wildman–Crippen MR) is 47.5 cm³/mol. The molecule has 1 aromatic rings. The van der Waals surface area contributed by atoms with Gasteiger partial charge in [-0.25, -0.2) is 0 Å². The zero-order chi connectivity index (χ0) is 11.6. The van der Waals surface area contributed by atoms with Crippen LogP contribution in [0, 0.1) is 0 Å². The van der Waals surface area contributed by atoms with Gasteiger partial charge in [-0.2, -0.15) is 13.2 Å². The lowest BCUT2D eigenvalue weighted by Crippen LogP contribution is -2.25. The fourth-order valence-electron chi connectivity index (χ4n) is 1.19. The summed E-state index contributed by atoms with van der Waals surface area (Å²) in [5, 5.41) is 0. The molecule has 0 bridgehead atoms.